The maximum absolute atomic E-state index is 12.7. The summed E-state index contributed by atoms with van der Waals surface area (Å²) in [6.45, 7) is 0. The normalized spacial score (nSPS) is 11.1. The Bertz CT molecular complexity index is 974. The summed E-state index contributed by atoms with van der Waals surface area (Å²) in [6.07, 6.45) is -3.39. The van der Waals surface area contributed by atoms with Crippen LogP contribution in [-0.4, -0.2) is 29.4 Å². The Hall–Kier alpha value is -3.42. The molecule has 8 heteroatoms. The van der Waals surface area contributed by atoms with Crippen molar-refractivity contribution >= 4 is 5.97 Å². The summed E-state index contributed by atoms with van der Waals surface area (Å²) in [5.41, 5.74) is 1.81. The Kier molecular flexibility index (Phi) is 5.07. The molecule has 0 aliphatic heterocycles. The largest absolute Gasteiger partial charge is 0.573 e. The summed E-state index contributed by atoms with van der Waals surface area (Å²) in [5.74, 6) is -1.10. The predicted molar refractivity (Wildman–Crippen MR) is 90.9 cm³/mol. The molecule has 0 saturated carbocycles. The van der Waals surface area contributed by atoms with Crippen LogP contribution < -0.4 is 4.74 Å². The van der Waals surface area contributed by atoms with Gasteiger partial charge in [0.05, 0.1) is 12.8 Å². The van der Waals surface area contributed by atoms with Gasteiger partial charge in [-0.2, -0.15) is 0 Å². The molecule has 0 unspecified atom stereocenters. The van der Waals surface area contributed by atoms with Crippen LogP contribution in [-0.2, 0) is 4.74 Å². The fraction of sp³-hybridized carbons (Fsp3) is 0.105. The van der Waals surface area contributed by atoms with Crippen molar-refractivity contribution in [3.63, 3.8) is 0 Å². The lowest BCUT2D eigenvalue weighted by atomic mass is 10.0. The van der Waals surface area contributed by atoms with Gasteiger partial charge < -0.3 is 9.47 Å². The molecule has 0 radical (unpaired) electrons. The average Bonchev–Trinajstić information content (AvgIpc) is 2.67. The lowest BCUT2D eigenvalue weighted by Gasteiger charge is -2.14. The van der Waals surface area contributed by atoms with Crippen LogP contribution in [0.5, 0.6) is 5.75 Å². The minimum absolute atomic E-state index is 0.110. The number of esters is 1. The molecular weight excluding hydrogens is 361 g/mol. The molecule has 138 valence electrons. The number of para-hydroxylation sites is 1. The standard InChI is InChI=1S/C19H13F3N2O3/c1-26-18(25)17-23-10-9-15(24-17)13-6-4-5-12(11-13)14-7-2-3-8-16(14)27-19(20,21)22/h2-11H,1H3. The van der Waals surface area contributed by atoms with Crippen LogP contribution in [0, 0.1) is 0 Å². The molecule has 3 rings (SSSR count). The first-order valence-electron chi connectivity index (χ1n) is 7.74. The van der Waals surface area contributed by atoms with Crippen LogP contribution in [0.4, 0.5) is 13.2 Å². The molecule has 5 nitrogen and oxygen atoms in total. The summed E-state index contributed by atoms with van der Waals surface area (Å²) >= 11 is 0. The number of benzene rings is 2. The second kappa shape index (κ2) is 7.45. The number of aromatic nitrogens is 2. The molecule has 0 amide bonds. The van der Waals surface area contributed by atoms with Crippen molar-refractivity contribution in [2.75, 3.05) is 7.11 Å². The number of hydrogen-bond donors (Lipinski definition) is 0. The van der Waals surface area contributed by atoms with Gasteiger partial charge in [0.1, 0.15) is 5.75 Å². The molecule has 27 heavy (non-hydrogen) atoms. The highest BCUT2D eigenvalue weighted by Gasteiger charge is 2.32. The van der Waals surface area contributed by atoms with E-state index in [1.54, 1.807) is 36.4 Å². The summed E-state index contributed by atoms with van der Waals surface area (Å²) in [5, 5.41) is 0. The first-order valence-corrected chi connectivity index (χ1v) is 7.74. The Morgan fingerprint density at radius 1 is 1.00 bits per heavy atom. The summed E-state index contributed by atoms with van der Waals surface area (Å²) in [7, 11) is 1.22. The molecule has 0 aliphatic rings. The topological polar surface area (TPSA) is 61.3 Å². The molecule has 2 aromatic carbocycles. The van der Waals surface area contributed by atoms with Gasteiger partial charge in [0.2, 0.25) is 5.82 Å². The van der Waals surface area contributed by atoms with E-state index >= 15 is 0 Å². The van der Waals surface area contributed by atoms with E-state index in [0.29, 0.717) is 16.8 Å². The minimum atomic E-state index is -4.80. The number of carbonyl (C=O) groups excluding carboxylic acids is 1. The molecule has 1 heterocycles. The quantitative estimate of drug-likeness (QED) is 0.630. The molecule has 0 atom stereocenters. The number of rotatable bonds is 4. The van der Waals surface area contributed by atoms with Crippen molar-refractivity contribution in [3.8, 4) is 28.1 Å². The zero-order chi connectivity index (χ0) is 19.4. The molecule has 3 aromatic rings. The molecule has 1 aromatic heterocycles. The second-order valence-corrected chi connectivity index (χ2v) is 5.38. The molecular formula is C19H13F3N2O3. The SMILES string of the molecule is COC(=O)c1nccc(-c2cccc(-c3ccccc3OC(F)(F)F)c2)n1. The average molecular weight is 374 g/mol. The predicted octanol–water partition coefficient (Wildman–Crippen LogP) is 4.50. The highest BCUT2D eigenvalue weighted by molar-refractivity contribution is 5.85. The van der Waals surface area contributed by atoms with Crippen LogP contribution in [0.25, 0.3) is 22.4 Å². The molecule has 0 aliphatic carbocycles. The van der Waals surface area contributed by atoms with E-state index in [-0.39, 0.29) is 17.1 Å². The Morgan fingerprint density at radius 3 is 2.48 bits per heavy atom. The van der Waals surface area contributed by atoms with E-state index in [9.17, 15) is 18.0 Å². The van der Waals surface area contributed by atoms with Crippen molar-refractivity contribution in [1.29, 1.82) is 0 Å². The van der Waals surface area contributed by atoms with Crippen LogP contribution in [0.2, 0.25) is 0 Å². The summed E-state index contributed by atoms with van der Waals surface area (Å²) in [6, 6.07) is 14.1. The minimum Gasteiger partial charge on any atom is -0.463 e. The van der Waals surface area contributed by atoms with Crippen LogP contribution >= 0.6 is 0 Å². The monoisotopic (exact) mass is 374 g/mol. The fourth-order valence-corrected chi connectivity index (χ4v) is 2.47. The van der Waals surface area contributed by atoms with Gasteiger partial charge in [0.25, 0.3) is 0 Å². The number of nitrogens with zero attached hydrogens (tertiary/aromatic N) is 2. The fourth-order valence-electron chi connectivity index (χ4n) is 2.47. The first-order chi connectivity index (χ1) is 12.9. The van der Waals surface area contributed by atoms with Crippen molar-refractivity contribution in [3.05, 3.63) is 66.6 Å². The van der Waals surface area contributed by atoms with Gasteiger partial charge in [-0.1, -0.05) is 36.4 Å². The van der Waals surface area contributed by atoms with E-state index < -0.39 is 12.3 Å². The van der Waals surface area contributed by atoms with Crippen molar-refractivity contribution < 1.29 is 27.4 Å². The molecule has 0 bridgehead atoms. The van der Waals surface area contributed by atoms with Crippen LogP contribution in [0.1, 0.15) is 10.6 Å². The highest BCUT2D eigenvalue weighted by atomic mass is 19.4. The van der Waals surface area contributed by atoms with Gasteiger partial charge in [-0.15, -0.1) is 13.2 Å². The second-order valence-electron chi connectivity index (χ2n) is 5.38. The zero-order valence-corrected chi connectivity index (χ0v) is 14.0. The molecule has 0 N–H and O–H groups in total. The molecule has 0 saturated heterocycles. The van der Waals surface area contributed by atoms with Crippen molar-refractivity contribution in [1.82, 2.24) is 9.97 Å². The summed E-state index contributed by atoms with van der Waals surface area (Å²) in [4.78, 5) is 19.6. The third-order valence-corrected chi connectivity index (χ3v) is 3.61. The number of ether oxygens (including phenoxy) is 2. The number of carbonyl (C=O) groups is 1. The van der Waals surface area contributed by atoms with E-state index in [2.05, 4.69) is 19.4 Å². The number of halogens is 3. The Labute approximate surface area is 152 Å². The molecule has 0 spiro atoms. The number of methoxy groups -OCH3 is 1. The maximum atomic E-state index is 12.7. The van der Waals surface area contributed by atoms with Crippen molar-refractivity contribution in [2.24, 2.45) is 0 Å². The Morgan fingerprint density at radius 2 is 1.74 bits per heavy atom. The first kappa shape index (κ1) is 18.4. The van der Waals surface area contributed by atoms with Crippen molar-refractivity contribution in [2.45, 2.75) is 6.36 Å². The number of alkyl halides is 3. The zero-order valence-electron chi connectivity index (χ0n) is 14.0. The lowest BCUT2D eigenvalue weighted by molar-refractivity contribution is -0.274. The van der Waals surface area contributed by atoms with Crippen LogP contribution in [0.15, 0.2) is 60.8 Å². The van der Waals surface area contributed by atoms with Gasteiger partial charge in [0.15, 0.2) is 0 Å². The van der Waals surface area contributed by atoms with E-state index in [0.717, 1.165) is 0 Å². The summed E-state index contributed by atoms with van der Waals surface area (Å²) < 4.78 is 46.7. The van der Waals surface area contributed by atoms with Crippen LogP contribution in [0.3, 0.4) is 0 Å². The van der Waals surface area contributed by atoms with Gasteiger partial charge in [0, 0.05) is 17.3 Å². The van der Waals surface area contributed by atoms with Gasteiger partial charge in [-0.3, -0.25) is 0 Å². The van der Waals surface area contributed by atoms with E-state index in [4.69, 9.17) is 0 Å². The highest BCUT2D eigenvalue weighted by Crippen LogP contribution is 2.35. The van der Waals surface area contributed by atoms with Gasteiger partial charge in [-0.25, -0.2) is 14.8 Å². The Balaban J connectivity index is 2.02. The van der Waals surface area contributed by atoms with Gasteiger partial charge >= 0.3 is 12.3 Å². The maximum Gasteiger partial charge on any atom is 0.573 e. The third-order valence-electron chi connectivity index (χ3n) is 3.61. The van der Waals surface area contributed by atoms with E-state index in [1.165, 1.54) is 31.5 Å². The van der Waals surface area contributed by atoms with E-state index in [1.807, 2.05) is 0 Å². The molecule has 0 fully saturated rings. The number of hydrogen-bond acceptors (Lipinski definition) is 5. The van der Waals surface area contributed by atoms with Gasteiger partial charge in [-0.05, 0) is 23.8 Å². The third kappa shape index (κ3) is 4.41. The lowest BCUT2D eigenvalue weighted by Crippen LogP contribution is -2.17. The smallest absolute Gasteiger partial charge is 0.463 e.